The lowest BCUT2D eigenvalue weighted by Gasteiger charge is -2.16. The van der Waals surface area contributed by atoms with E-state index in [2.05, 4.69) is 34.5 Å². The van der Waals surface area contributed by atoms with Gasteiger partial charge in [-0.15, -0.1) is 35.3 Å². The van der Waals surface area contributed by atoms with Crippen LogP contribution in [0.2, 0.25) is 0 Å². The molecule has 0 radical (unpaired) electrons. The van der Waals surface area contributed by atoms with Gasteiger partial charge < -0.3 is 10.6 Å². The number of thiazole rings is 1. The van der Waals surface area contributed by atoms with E-state index in [4.69, 9.17) is 0 Å². The lowest BCUT2D eigenvalue weighted by atomic mass is 10.2. The summed E-state index contributed by atoms with van der Waals surface area (Å²) >= 11 is 1.75. The van der Waals surface area contributed by atoms with Crippen molar-refractivity contribution in [1.29, 1.82) is 0 Å². The predicted octanol–water partition coefficient (Wildman–Crippen LogP) is 2.99. The number of guanidine groups is 1. The fourth-order valence-corrected chi connectivity index (χ4v) is 3.11. The largest absolute Gasteiger partial charge is 0.354 e. The second-order valence-corrected chi connectivity index (χ2v) is 6.09. The van der Waals surface area contributed by atoms with Crippen molar-refractivity contribution in [2.24, 2.45) is 4.99 Å². The van der Waals surface area contributed by atoms with Crippen molar-refractivity contribution in [2.75, 3.05) is 7.05 Å². The van der Waals surface area contributed by atoms with E-state index < -0.39 is 0 Å². The fourth-order valence-electron chi connectivity index (χ4n) is 2.23. The van der Waals surface area contributed by atoms with Gasteiger partial charge in [-0.2, -0.15) is 0 Å². The quantitative estimate of drug-likeness (QED) is 0.471. The van der Waals surface area contributed by atoms with E-state index in [9.17, 15) is 0 Å². The van der Waals surface area contributed by atoms with Crippen molar-refractivity contribution >= 4 is 41.3 Å². The van der Waals surface area contributed by atoms with Crippen LogP contribution in [0, 0.1) is 13.8 Å². The molecule has 0 amide bonds. The first-order valence-corrected chi connectivity index (χ1v) is 7.41. The van der Waals surface area contributed by atoms with Crippen LogP contribution in [0.1, 0.15) is 41.3 Å². The van der Waals surface area contributed by atoms with Crippen molar-refractivity contribution < 1.29 is 0 Å². The zero-order valence-corrected chi connectivity index (χ0v) is 15.0. The molecule has 0 spiro atoms. The topological polar surface area (TPSA) is 49.3 Å². The van der Waals surface area contributed by atoms with Gasteiger partial charge in [-0.1, -0.05) is 12.8 Å². The molecule has 6 heteroatoms. The highest BCUT2D eigenvalue weighted by Gasteiger charge is 2.15. The van der Waals surface area contributed by atoms with Crippen molar-refractivity contribution in [3.05, 3.63) is 15.6 Å². The van der Waals surface area contributed by atoms with Crippen LogP contribution in [0.15, 0.2) is 4.99 Å². The Labute approximate surface area is 136 Å². The van der Waals surface area contributed by atoms with E-state index in [1.807, 2.05) is 7.05 Å². The Hall–Kier alpha value is -0.370. The Morgan fingerprint density at radius 2 is 2.05 bits per heavy atom. The minimum atomic E-state index is 0. The maximum Gasteiger partial charge on any atom is 0.191 e. The molecule has 19 heavy (non-hydrogen) atoms. The van der Waals surface area contributed by atoms with Gasteiger partial charge in [0.2, 0.25) is 0 Å². The average Bonchev–Trinajstić information content (AvgIpc) is 2.96. The molecule has 1 fully saturated rings. The van der Waals surface area contributed by atoms with Crippen LogP contribution in [-0.4, -0.2) is 24.0 Å². The zero-order chi connectivity index (χ0) is 13.0. The molecule has 2 N–H and O–H groups in total. The fraction of sp³-hybridized carbons (Fsp3) is 0.692. The molecule has 0 bridgehead atoms. The first kappa shape index (κ1) is 16.7. The zero-order valence-electron chi connectivity index (χ0n) is 11.8. The van der Waals surface area contributed by atoms with Gasteiger partial charge in [-0.3, -0.25) is 4.99 Å². The summed E-state index contributed by atoms with van der Waals surface area (Å²) in [5.41, 5.74) is 1.13. The number of halogens is 1. The maximum atomic E-state index is 4.52. The summed E-state index contributed by atoms with van der Waals surface area (Å²) in [7, 11) is 1.82. The second-order valence-electron chi connectivity index (χ2n) is 4.80. The normalized spacial score (nSPS) is 16.3. The molecule has 0 saturated heterocycles. The van der Waals surface area contributed by atoms with Crippen LogP contribution < -0.4 is 10.6 Å². The summed E-state index contributed by atoms with van der Waals surface area (Å²) in [5.74, 6) is 0.896. The van der Waals surface area contributed by atoms with Crippen LogP contribution in [0.4, 0.5) is 0 Å². The molecule has 0 aromatic carbocycles. The number of rotatable bonds is 3. The van der Waals surface area contributed by atoms with Crippen LogP contribution in [0.25, 0.3) is 0 Å². The molecule has 1 aromatic rings. The van der Waals surface area contributed by atoms with Crippen molar-refractivity contribution in [3.63, 3.8) is 0 Å². The number of aryl methyl sites for hydroxylation is 2. The molecule has 0 unspecified atom stereocenters. The number of nitrogens with one attached hydrogen (secondary N) is 2. The Balaban J connectivity index is 0.00000180. The second kappa shape index (κ2) is 8.04. The van der Waals surface area contributed by atoms with E-state index in [1.165, 1.54) is 30.6 Å². The summed E-state index contributed by atoms with van der Waals surface area (Å²) < 4.78 is 0. The standard InChI is InChI=1S/C13H22N4S.HI/c1-9-10(2)18-12(16-9)8-15-13(14-3)17-11-6-4-5-7-11;/h11H,4-8H2,1-3H3,(H2,14,15,17);1H. The number of aliphatic imine (C=N–C) groups is 1. The molecule has 108 valence electrons. The summed E-state index contributed by atoms with van der Waals surface area (Å²) in [6.07, 6.45) is 5.19. The van der Waals surface area contributed by atoms with Crippen LogP contribution in [0.3, 0.4) is 0 Å². The van der Waals surface area contributed by atoms with Gasteiger partial charge in [0.25, 0.3) is 0 Å². The molecule has 1 saturated carbocycles. The minimum absolute atomic E-state index is 0. The molecule has 1 heterocycles. The Morgan fingerprint density at radius 1 is 1.37 bits per heavy atom. The Kier molecular flexibility index (Phi) is 7.06. The van der Waals surface area contributed by atoms with Crippen LogP contribution in [0.5, 0.6) is 0 Å². The number of hydrogen-bond donors (Lipinski definition) is 2. The highest BCUT2D eigenvalue weighted by molar-refractivity contribution is 14.0. The lowest BCUT2D eigenvalue weighted by molar-refractivity contribution is 0.613. The van der Waals surface area contributed by atoms with Gasteiger partial charge in [0.15, 0.2) is 5.96 Å². The van der Waals surface area contributed by atoms with Crippen LogP contribution in [-0.2, 0) is 6.54 Å². The smallest absolute Gasteiger partial charge is 0.191 e. The molecular weight excluding hydrogens is 371 g/mol. The molecule has 1 aliphatic rings. The van der Waals surface area contributed by atoms with E-state index >= 15 is 0 Å². The molecule has 1 aromatic heterocycles. The third-order valence-electron chi connectivity index (χ3n) is 3.40. The first-order chi connectivity index (χ1) is 8.69. The van der Waals surface area contributed by atoms with E-state index in [0.29, 0.717) is 6.04 Å². The van der Waals surface area contributed by atoms with E-state index in [0.717, 1.165) is 23.2 Å². The SMILES string of the molecule is CN=C(NCc1nc(C)c(C)s1)NC1CCCC1.I. The lowest BCUT2D eigenvalue weighted by Crippen LogP contribution is -2.41. The van der Waals surface area contributed by atoms with Gasteiger partial charge in [0.05, 0.1) is 12.2 Å². The minimum Gasteiger partial charge on any atom is -0.354 e. The molecule has 0 atom stereocenters. The van der Waals surface area contributed by atoms with Crippen molar-refractivity contribution in [3.8, 4) is 0 Å². The van der Waals surface area contributed by atoms with Crippen molar-refractivity contribution in [2.45, 2.75) is 52.1 Å². The van der Waals surface area contributed by atoms with Gasteiger partial charge in [-0.25, -0.2) is 4.98 Å². The Morgan fingerprint density at radius 3 is 2.58 bits per heavy atom. The molecular formula is C13H23IN4S. The van der Waals surface area contributed by atoms with E-state index in [1.54, 1.807) is 11.3 Å². The van der Waals surface area contributed by atoms with E-state index in [-0.39, 0.29) is 24.0 Å². The number of aromatic nitrogens is 1. The van der Waals surface area contributed by atoms with Gasteiger partial charge >= 0.3 is 0 Å². The highest BCUT2D eigenvalue weighted by atomic mass is 127. The summed E-state index contributed by atoms with van der Waals surface area (Å²) in [4.78, 5) is 10.1. The average molecular weight is 394 g/mol. The summed E-state index contributed by atoms with van der Waals surface area (Å²) in [6.45, 7) is 4.93. The highest BCUT2D eigenvalue weighted by Crippen LogP contribution is 2.18. The molecule has 4 nitrogen and oxygen atoms in total. The van der Waals surface area contributed by atoms with Gasteiger partial charge in [0.1, 0.15) is 5.01 Å². The number of nitrogens with zero attached hydrogens (tertiary/aromatic N) is 2. The monoisotopic (exact) mass is 394 g/mol. The third-order valence-corrected chi connectivity index (χ3v) is 4.47. The predicted molar refractivity (Wildman–Crippen MR) is 92.6 cm³/mol. The molecule has 0 aliphatic heterocycles. The first-order valence-electron chi connectivity index (χ1n) is 6.59. The third kappa shape index (κ3) is 4.91. The van der Waals surface area contributed by atoms with Crippen molar-refractivity contribution in [1.82, 2.24) is 15.6 Å². The molecule has 2 rings (SSSR count). The number of hydrogen-bond acceptors (Lipinski definition) is 3. The summed E-state index contributed by atoms with van der Waals surface area (Å²) in [5, 5.41) is 7.94. The summed E-state index contributed by atoms with van der Waals surface area (Å²) in [6, 6.07) is 0.593. The van der Waals surface area contributed by atoms with Gasteiger partial charge in [0, 0.05) is 18.0 Å². The molecule has 1 aliphatic carbocycles. The maximum absolute atomic E-state index is 4.52. The Bertz CT molecular complexity index is 405. The van der Waals surface area contributed by atoms with Crippen LogP contribution >= 0.6 is 35.3 Å². The van der Waals surface area contributed by atoms with Gasteiger partial charge in [-0.05, 0) is 26.7 Å².